The van der Waals surface area contributed by atoms with E-state index in [1.54, 1.807) is 35.0 Å². The number of nitrogens with one attached hydrogen (secondary N) is 1. The van der Waals surface area contributed by atoms with Gasteiger partial charge >= 0.3 is 0 Å². The number of benzene rings is 1. The third-order valence-electron chi connectivity index (χ3n) is 2.97. The fourth-order valence-electron chi connectivity index (χ4n) is 1.91. The quantitative estimate of drug-likeness (QED) is 0.798. The highest BCUT2D eigenvalue weighted by molar-refractivity contribution is 6.30. The van der Waals surface area contributed by atoms with E-state index in [1.807, 2.05) is 24.3 Å². The first-order valence-electron chi connectivity index (χ1n) is 6.55. The lowest BCUT2D eigenvalue weighted by Gasteiger charge is -2.01. The molecule has 0 aliphatic rings. The molecule has 1 N–H and O–H groups in total. The number of aryl methyl sites for hydroxylation is 1. The molecule has 0 spiro atoms. The van der Waals surface area contributed by atoms with E-state index in [2.05, 4.69) is 20.5 Å². The number of rotatable bonds is 4. The van der Waals surface area contributed by atoms with Gasteiger partial charge in [0.2, 0.25) is 5.95 Å². The summed E-state index contributed by atoms with van der Waals surface area (Å²) in [6, 6.07) is 9.08. The maximum absolute atomic E-state index is 11.9. The van der Waals surface area contributed by atoms with Crippen LogP contribution in [0.3, 0.4) is 0 Å². The Balaban J connectivity index is 1.66. The Bertz CT molecular complexity index is 792. The maximum atomic E-state index is 11.9. The van der Waals surface area contributed by atoms with Crippen LogP contribution in [-0.4, -0.2) is 30.5 Å². The van der Waals surface area contributed by atoms with Gasteiger partial charge in [0.25, 0.3) is 5.91 Å². The minimum atomic E-state index is -0.343. The molecular weight excluding hydrogens is 304 g/mol. The largest absolute Gasteiger partial charge is 0.288 e. The molecule has 2 aromatic heterocycles. The minimum absolute atomic E-state index is 0.240. The molecule has 0 radical (unpaired) electrons. The second kappa shape index (κ2) is 5.98. The van der Waals surface area contributed by atoms with E-state index in [-0.39, 0.29) is 11.9 Å². The van der Waals surface area contributed by atoms with E-state index in [0.717, 1.165) is 5.56 Å². The number of carbonyl (C=O) groups excluding carboxylic acids is 1. The van der Waals surface area contributed by atoms with E-state index < -0.39 is 0 Å². The molecule has 112 valence electrons. The van der Waals surface area contributed by atoms with Crippen molar-refractivity contribution >= 4 is 23.5 Å². The van der Waals surface area contributed by atoms with Gasteiger partial charge in [-0.1, -0.05) is 23.7 Å². The van der Waals surface area contributed by atoms with Gasteiger partial charge in [0.05, 0.1) is 6.54 Å². The molecule has 0 atom stereocenters. The van der Waals surface area contributed by atoms with Crippen LogP contribution < -0.4 is 5.32 Å². The van der Waals surface area contributed by atoms with Crippen LogP contribution >= 0.6 is 11.6 Å². The normalized spacial score (nSPS) is 10.6. The number of anilines is 1. The topological polar surface area (TPSA) is 77.6 Å². The first-order valence-corrected chi connectivity index (χ1v) is 6.93. The highest BCUT2D eigenvalue weighted by Gasteiger charge is 2.11. The Kier molecular flexibility index (Phi) is 3.88. The number of hydrogen-bond acceptors (Lipinski definition) is 4. The number of halogens is 1. The smallest absolute Gasteiger partial charge is 0.278 e. The van der Waals surface area contributed by atoms with E-state index in [9.17, 15) is 4.79 Å². The Morgan fingerprint density at radius 3 is 2.68 bits per heavy atom. The molecule has 0 bridgehead atoms. The van der Waals surface area contributed by atoms with Gasteiger partial charge in [-0.05, 0) is 23.8 Å². The summed E-state index contributed by atoms with van der Waals surface area (Å²) in [6.45, 7) is 0.545. The van der Waals surface area contributed by atoms with Gasteiger partial charge in [0.15, 0.2) is 5.69 Å². The van der Waals surface area contributed by atoms with E-state index in [4.69, 9.17) is 11.6 Å². The Hall–Kier alpha value is -2.67. The van der Waals surface area contributed by atoms with Crippen LogP contribution in [0.1, 0.15) is 16.1 Å². The average Bonchev–Trinajstić information content (AvgIpc) is 3.11. The SMILES string of the molecule is Cn1ccc(C(=O)Nc2ncn(Cc3ccc(Cl)cc3)n2)n1. The summed E-state index contributed by atoms with van der Waals surface area (Å²) < 4.78 is 3.19. The van der Waals surface area contributed by atoms with Crippen molar-refractivity contribution in [1.82, 2.24) is 24.5 Å². The van der Waals surface area contributed by atoms with Crippen molar-refractivity contribution in [2.75, 3.05) is 5.32 Å². The van der Waals surface area contributed by atoms with Crippen LogP contribution in [0.25, 0.3) is 0 Å². The van der Waals surface area contributed by atoms with Crippen LogP contribution in [0.5, 0.6) is 0 Å². The summed E-state index contributed by atoms with van der Waals surface area (Å²) in [5, 5.41) is 11.5. The fourth-order valence-corrected chi connectivity index (χ4v) is 2.03. The van der Waals surface area contributed by atoms with Gasteiger partial charge in [0.1, 0.15) is 6.33 Å². The zero-order chi connectivity index (χ0) is 15.5. The van der Waals surface area contributed by atoms with E-state index in [1.165, 1.54) is 0 Å². The predicted octanol–water partition coefficient (Wildman–Crippen LogP) is 1.97. The minimum Gasteiger partial charge on any atom is -0.288 e. The van der Waals surface area contributed by atoms with Gasteiger partial charge in [-0.15, -0.1) is 5.10 Å². The zero-order valence-corrected chi connectivity index (χ0v) is 12.5. The average molecular weight is 317 g/mol. The second-order valence-electron chi connectivity index (χ2n) is 4.72. The first kappa shape index (κ1) is 14.3. The Morgan fingerprint density at radius 2 is 2.00 bits per heavy atom. The van der Waals surface area contributed by atoms with Crippen molar-refractivity contribution in [1.29, 1.82) is 0 Å². The van der Waals surface area contributed by atoms with Crippen molar-refractivity contribution < 1.29 is 4.79 Å². The molecule has 0 unspecified atom stereocenters. The highest BCUT2D eigenvalue weighted by atomic mass is 35.5. The third-order valence-corrected chi connectivity index (χ3v) is 3.22. The summed E-state index contributed by atoms with van der Waals surface area (Å²) in [5.41, 5.74) is 1.36. The van der Waals surface area contributed by atoms with Crippen LogP contribution in [-0.2, 0) is 13.6 Å². The zero-order valence-electron chi connectivity index (χ0n) is 11.8. The van der Waals surface area contributed by atoms with Gasteiger partial charge in [0, 0.05) is 18.3 Å². The van der Waals surface area contributed by atoms with Gasteiger partial charge in [-0.25, -0.2) is 9.67 Å². The van der Waals surface area contributed by atoms with Crippen molar-refractivity contribution in [2.45, 2.75) is 6.54 Å². The summed E-state index contributed by atoms with van der Waals surface area (Å²) in [7, 11) is 1.75. The number of hydrogen-bond donors (Lipinski definition) is 1. The highest BCUT2D eigenvalue weighted by Crippen LogP contribution is 2.11. The Labute approximate surface area is 131 Å². The molecule has 1 aromatic carbocycles. The van der Waals surface area contributed by atoms with Crippen molar-refractivity contribution in [3.05, 3.63) is 59.1 Å². The lowest BCUT2D eigenvalue weighted by Crippen LogP contribution is -2.14. The molecule has 22 heavy (non-hydrogen) atoms. The maximum Gasteiger partial charge on any atom is 0.278 e. The third kappa shape index (κ3) is 3.32. The van der Waals surface area contributed by atoms with Gasteiger partial charge in [-0.3, -0.25) is 14.8 Å². The standard InChI is InChI=1S/C14H13ClN6O/c1-20-7-6-12(18-20)13(22)17-14-16-9-21(19-14)8-10-2-4-11(15)5-3-10/h2-7,9H,8H2,1H3,(H,17,19,22). The summed E-state index contributed by atoms with van der Waals surface area (Å²) in [4.78, 5) is 16.0. The van der Waals surface area contributed by atoms with Crippen LogP contribution in [0, 0.1) is 0 Å². The Morgan fingerprint density at radius 1 is 1.23 bits per heavy atom. The van der Waals surface area contributed by atoms with Crippen LogP contribution in [0.15, 0.2) is 42.9 Å². The van der Waals surface area contributed by atoms with Crippen molar-refractivity contribution in [2.24, 2.45) is 7.05 Å². The molecular formula is C14H13ClN6O. The second-order valence-corrected chi connectivity index (χ2v) is 5.16. The first-order chi connectivity index (χ1) is 10.6. The van der Waals surface area contributed by atoms with Crippen LogP contribution in [0.4, 0.5) is 5.95 Å². The molecule has 7 nitrogen and oxygen atoms in total. The monoisotopic (exact) mass is 316 g/mol. The fraction of sp³-hybridized carbons (Fsp3) is 0.143. The number of carbonyl (C=O) groups is 1. The molecule has 0 aliphatic carbocycles. The lowest BCUT2D eigenvalue weighted by atomic mass is 10.2. The molecule has 3 rings (SSSR count). The van der Waals surface area contributed by atoms with Gasteiger partial charge < -0.3 is 0 Å². The number of nitrogens with zero attached hydrogens (tertiary/aromatic N) is 5. The molecule has 3 aromatic rings. The predicted molar refractivity (Wildman–Crippen MR) is 81.7 cm³/mol. The number of amides is 1. The van der Waals surface area contributed by atoms with Gasteiger partial charge in [-0.2, -0.15) is 5.10 Å². The lowest BCUT2D eigenvalue weighted by molar-refractivity contribution is 0.102. The molecule has 8 heteroatoms. The molecule has 0 fully saturated rings. The van der Waals surface area contributed by atoms with Crippen molar-refractivity contribution in [3.63, 3.8) is 0 Å². The molecule has 1 amide bonds. The van der Waals surface area contributed by atoms with E-state index >= 15 is 0 Å². The van der Waals surface area contributed by atoms with Crippen molar-refractivity contribution in [3.8, 4) is 0 Å². The molecule has 0 saturated heterocycles. The summed E-state index contributed by atoms with van der Waals surface area (Å²) in [6.07, 6.45) is 3.25. The molecule has 2 heterocycles. The molecule has 0 saturated carbocycles. The van der Waals surface area contributed by atoms with E-state index in [0.29, 0.717) is 17.3 Å². The summed E-state index contributed by atoms with van der Waals surface area (Å²) in [5.74, 6) is -0.102. The number of aromatic nitrogens is 5. The van der Waals surface area contributed by atoms with Crippen LogP contribution in [0.2, 0.25) is 5.02 Å². The molecule has 0 aliphatic heterocycles. The summed E-state index contributed by atoms with van der Waals surface area (Å²) >= 11 is 5.85.